The molecule has 138 valence electrons. The molecule has 24 heavy (non-hydrogen) atoms. The summed E-state index contributed by atoms with van der Waals surface area (Å²) in [7, 11) is 3.00. The molecule has 1 aromatic carbocycles. The lowest BCUT2D eigenvalue weighted by Gasteiger charge is -2.16. The average Bonchev–Trinajstić information content (AvgIpc) is 2.58. The average molecular weight is 352 g/mol. The molecule has 0 aliphatic heterocycles. The Kier molecular flexibility index (Phi) is 10.2. The van der Waals surface area contributed by atoms with Crippen LogP contribution in [0, 0.1) is 11.6 Å². The molecular formula is C15H22F2O7. The van der Waals surface area contributed by atoms with Gasteiger partial charge < -0.3 is 33.5 Å². The normalized spacial score (nSPS) is 10.9. The van der Waals surface area contributed by atoms with Crippen molar-refractivity contribution >= 4 is 0 Å². The molecule has 0 saturated carbocycles. The topological polar surface area (TPSA) is 75.6 Å². The lowest BCUT2D eigenvalue weighted by molar-refractivity contribution is -0.0235. The van der Waals surface area contributed by atoms with Gasteiger partial charge in [0.25, 0.3) is 0 Å². The first-order chi connectivity index (χ1) is 11.7. The molecule has 9 heteroatoms. The molecule has 0 spiro atoms. The second kappa shape index (κ2) is 11.9. The third-order valence-corrected chi connectivity index (χ3v) is 2.81. The van der Waals surface area contributed by atoms with Crippen molar-refractivity contribution in [2.75, 3.05) is 54.2 Å². The molecule has 0 atom stereocenters. The predicted octanol–water partition coefficient (Wildman–Crippen LogP) is 1.46. The van der Waals surface area contributed by atoms with E-state index in [4.69, 9.17) is 33.5 Å². The van der Waals surface area contributed by atoms with Crippen molar-refractivity contribution in [3.05, 3.63) is 23.3 Å². The van der Waals surface area contributed by atoms with Crippen molar-refractivity contribution in [2.24, 2.45) is 0 Å². The third kappa shape index (κ3) is 6.54. The smallest absolute Gasteiger partial charge is 0.203 e. The number of rotatable bonds is 13. The van der Waals surface area contributed by atoms with Gasteiger partial charge in [-0.05, 0) is 6.07 Å². The molecule has 1 N–H and O–H groups in total. The highest BCUT2D eigenvalue weighted by atomic mass is 19.1. The zero-order valence-corrected chi connectivity index (χ0v) is 13.7. The van der Waals surface area contributed by atoms with E-state index in [0.717, 1.165) is 6.07 Å². The zero-order chi connectivity index (χ0) is 17.8. The number of benzene rings is 1. The highest BCUT2D eigenvalue weighted by Crippen LogP contribution is 2.35. The Bertz CT molecular complexity index is 485. The number of aliphatic hydroxyl groups excluding tert-OH is 1. The molecular weight excluding hydrogens is 330 g/mol. The summed E-state index contributed by atoms with van der Waals surface area (Å²) >= 11 is 0. The fraction of sp³-hybridized carbons (Fsp3) is 0.600. The van der Waals surface area contributed by atoms with Crippen molar-refractivity contribution in [1.29, 1.82) is 0 Å². The highest BCUT2D eigenvalue weighted by Gasteiger charge is 2.21. The van der Waals surface area contributed by atoms with Crippen LogP contribution in [0.5, 0.6) is 11.5 Å². The zero-order valence-electron chi connectivity index (χ0n) is 13.7. The third-order valence-electron chi connectivity index (χ3n) is 2.81. The molecule has 0 fully saturated rings. The summed E-state index contributed by atoms with van der Waals surface area (Å²) in [6.45, 7) is -0.237. The second-order valence-electron chi connectivity index (χ2n) is 4.47. The maximum atomic E-state index is 14.2. The van der Waals surface area contributed by atoms with Gasteiger partial charge >= 0.3 is 0 Å². The number of ether oxygens (including phenoxy) is 6. The summed E-state index contributed by atoms with van der Waals surface area (Å²) in [4.78, 5) is 0. The SMILES string of the molecule is COCCOCOc1c(F)cc(CO)c(F)c1OCOCCOC. The molecule has 0 bridgehead atoms. The van der Waals surface area contributed by atoms with Crippen molar-refractivity contribution in [3.8, 4) is 11.5 Å². The van der Waals surface area contributed by atoms with Gasteiger partial charge in [0, 0.05) is 19.8 Å². The van der Waals surface area contributed by atoms with Crippen LogP contribution in [0.15, 0.2) is 6.07 Å². The van der Waals surface area contributed by atoms with E-state index in [2.05, 4.69) is 0 Å². The van der Waals surface area contributed by atoms with Crippen LogP contribution in [0.2, 0.25) is 0 Å². The summed E-state index contributed by atoms with van der Waals surface area (Å²) in [5.41, 5.74) is -0.257. The van der Waals surface area contributed by atoms with Crippen LogP contribution in [0.4, 0.5) is 8.78 Å². The van der Waals surface area contributed by atoms with Crippen LogP contribution in [-0.2, 0) is 25.6 Å². The summed E-state index contributed by atoms with van der Waals surface area (Å²) in [6, 6.07) is 0.832. The molecule has 1 rings (SSSR count). The molecule has 0 unspecified atom stereocenters. The second-order valence-corrected chi connectivity index (χ2v) is 4.47. The maximum Gasteiger partial charge on any atom is 0.203 e. The molecule has 0 aliphatic carbocycles. The Hall–Kier alpha value is -1.52. The van der Waals surface area contributed by atoms with Gasteiger partial charge in [0.1, 0.15) is 0 Å². The van der Waals surface area contributed by atoms with Gasteiger partial charge in [0.15, 0.2) is 25.2 Å². The van der Waals surface area contributed by atoms with E-state index in [1.165, 1.54) is 14.2 Å². The summed E-state index contributed by atoms with van der Waals surface area (Å²) in [6.07, 6.45) is 0. The number of aliphatic hydroxyl groups is 1. The van der Waals surface area contributed by atoms with Gasteiger partial charge in [-0.1, -0.05) is 0 Å². The quantitative estimate of drug-likeness (QED) is 0.425. The highest BCUT2D eigenvalue weighted by molar-refractivity contribution is 5.45. The molecule has 0 aromatic heterocycles. The van der Waals surface area contributed by atoms with Gasteiger partial charge in [-0.3, -0.25) is 0 Å². The molecule has 0 radical (unpaired) electrons. The van der Waals surface area contributed by atoms with Crippen LogP contribution < -0.4 is 9.47 Å². The number of methoxy groups -OCH3 is 2. The van der Waals surface area contributed by atoms with Crippen molar-refractivity contribution in [3.63, 3.8) is 0 Å². The fourth-order valence-electron chi connectivity index (χ4n) is 1.62. The number of halogens is 2. The van der Waals surface area contributed by atoms with Crippen molar-refractivity contribution < 1.29 is 42.3 Å². The molecule has 0 aliphatic rings. The van der Waals surface area contributed by atoms with Gasteiger partial charge in [0.05, 0.1) is 33.0 Å². The summed E-state index contributed by atoms with van der Waals surface area (Å²) in [5, 5.41) is 9.08. The first kappa shape index (κ1) is 20.5. The van der Waals surface area contributed by atoms with Gasteiger partial charge in [-0.25, -0.2) is 8.78 Å². The Balaban J connectivity index is 2.76. The van der Waals surface area contributed by atoms with Crippen LogP contribution >= 0.6 is 0 Å². The fourth-order valence-corrected chi connectivity index (χ4v) is 1.62. The Morgan fingerprint density at radius 1 is 0.875 bits per heavy atom. The van der Waals surface area contributed by atoms with E-state index in [1.54, 1.807) is 0 Å². The molecule has 0 amide bonds. The van der Waals surface area contributed by atoms with E-state index in [0.29, 0.717) is 13.2 Å². The van der Waals surface area contributed by atoms with Gasteiger partial charge in [-0.2, -0.15) is 0 Å². The Morgan fingerprint density at radius 3 is 1.92 bits per heavy atom. The van der Waals surface area contributed by atoms with Crippen LogP contribution in [0.25, 0.3) is 0 Å². The first-order valence-electron chi connectivity index (χ1n) is 7.16. The van der Waals surface area contributed by atoms with Gasteiger partial charge in [-0.15, -0.1) is 0 Å². The molecule has 1 aromatic rings. The monoisotopic (exact) mass is 352 g/mol. The minimum absolute atomic E-state index is 0.219. The van der Waals surface area contributed by atoms with E-state index in [-0.39, 0.29) is 32.4 Å². The lowest BCUT2D eigenvalue weighted by atomic mass is 10.2. The van der Waals surface area contributed by atoms with Crippen LogP contribution in [0.3, 0.4) is 0 Å². The summed E-state index contributed by atoms with van der Waals surface area (Å²) in [5.74, 6) is -2.77. The minimum atomic E-state index is -0.930. The molecule has 0 heterocycles. The van der Waals surface area contributed by atoms with E-state index in [9.17, 15) is 8.78 Å². The van der Waals surface area contributed by atoms with Crippen LogP contribution in [-0.4, -0.2) is 59.3 Å². The first-order valence-corrected chi connectivity index (χ1v) is 7.16. The van der Waals surface area contributed by atoms with Crippen molar-refractivity contribution in [2.45, 2.75) is 6.61 Å². The largest absolute Gasteiger partial charge is 0.460 e. The van der Waals surface area contributed by atoms with Crippen LogP contribution in [0.1, 0.15) is 5.56 Å². The van der Waals surface area contributed by atoms with Crippen molar-refractivity contribution in [1.82, 2.24) is 0 Å². The Labute approximate surface area is 139 Å². The standard InChI is InChI=1S/C15H22F2O7/c1-19-3-5-21-9-23-14-12(16)7-11(8-18)13(17)15(14)24-10-22-6-4-20-2/h7,18H,3-6,8-10H2,1-2H3. The lowest BCUT2D eigenvalue weighted by Crippen LogP contribution is -2.13. The van der Waals surface area contributed by atoms with E-state index < -0.39 is 29.7 Å². The van der Waals surface area contributed by atoms with E-state index >= 15 is 0 Å². The number of hydrogen-bond donors (Lipinski definition) is 1. The molecule has 7 nitrogen and oxygen atoms in total. The summed E-state index contributed by atoms with van der Waals surface area (Å²) < 4.78 is 58.2. The molecule has 0 saturated heterocycles. The Morgan fingerprint density at radius 2 is 1.42 bits per heavy atom. The number of hydrogen-bond acceptors (Lipinski definition) is 7. The van der Waals surface area contributed by atoms with Gasteiger partial charge in [0.2, 0.25) is 11.5 Å². The maximum absolute atomic E-state index is 14.2. The van der Waals surface area contributed by atoms with E-state index in [1.807, 2.05) is 0 Å². The predicted molar refractivity (Wildman–Crippen MR) is 78.9 cm³/mol. The minimum Gasteiger partial charge on any atom is -0.460 e.